The Morgan fingerprint density at radius 2 is 1.55 bits per heavy atom. The Morgan fingerprint density at radius 1 is 0.950 bits per heavy atom. The number of hydrogen-bond acceptors (Lipinski definition) is 7. The number of halogens is 3. The third kappa shape index (κ3) is 7.45. The highest BCUT2D eigenvalue weighted by atomic mass is 19.4. The fourth-order valence-corrected chi connectivity index (χ4v) is 4.85. The summed E-state index contributed by atoms with van der Waals surface area (Å²) in [6.07, 6.45) is -1.04. The SMILES string of the molecule is CC(O)(c1ccc(-c2ccc(CN3CCN(Cc4ccncc4)C[C@H]3CC(=O)OCCO)cc2)cc1)C(F)(F)F. The lowest BCUT2D eigenvalue weighted by atomic mass is 9.93. The molecule has 214 valence electrons. The van der Waals surface area contributed by atoms with Crippen LogP contribution in [0.5, 0.6) is 0 Å². The average molecular weight is 558 g/mol. The number of hydrogen-bond donors (Lipinski definition) is 2. The fourth-order valence-electron chi connectivity index (χ4n) is 4.85. The van der Waals surface area contributed by atoms with Gasteiger partial charge in [0.05, 0.1) is 13.0 Å². The van der Waals surface area contributed by atoms with Gasteiger partial charge in [-0.1, -0.05) is 48.5 Å². The van der Waals surface area contributed by atoms with E-state index in [-0.39, 0.29) is 37.2 Å². The van der Waals surface area contributed by atoms with Crippen molar-refractivity contribution in [1.29, 1.82) is 0 Å². The first-order chi connectivity index (χ1) is 19.1. The summed E-state index contributed by atoms with van der Waals surface area (Å²) in [5, 5.41) is 18.9. The Morgan fingerprint density at radius 3 is 2.15 bits per heavy atom. The van der Waals surface area contributed by atoms with Gasteiger partial charge in [0.2, 0.25) is 0 Å². The van der Waals surface area contributed by atoms with Gasteiger partial charge in [-0.2, -0.15) is 13.2 Å². The molecular weight excluding hydrogens is 523 g/mol. The second kappa shape index (κ2) is 12.9. The van der Waals surface area contributed by atoms with Crippen LogP contribution in [0.1, 0.15) is 30.0 Å². The number of rotatable bonds is 10. The zero-order chi connectivity index (χ0) is 28.8. The van der Waals surface area contributed by atoms with Gasteiger partial charge in [0.1, 0.15) is 6.61 Å². The van der Waals surface area contributed by atoms with Crippen LogP contribution in [0.2, 0.25) is 0 Å². The molecule has 2 atom stereocenters. The molecule has 0 bridgehead atoms. The maximum atomic E-state index is 13.2. The molecule has 4 rings (SSSR count). The molecule has 40 heavy (non-hydrogen) atoms. The van der Waals surface area contributed by atoms with Crippen molar-refractivity contribution in [3.8, 4) is 11.1 Å². The minimum absolute atomic E-state index is 0.0253. The first-order valence-electron chi connectivity index (χ1n) is 13.2. The Bertz CT molecular complexity index is 1240. The number of pyridine rings is 1. The number of nitrogens with zero attached hydrogens (tertiary/aromatic N) is 3. The molecule has 0 radical (unpaired) electrons. The monoisotopic (exact) mass is 557 g/mol. The number of aliphatic hydroxyl groups is 2. The van der Waals surface area contributed by atoms with E-state index >= 15 is 0 Å². The largest absolute Gasteiger partial charge is 0.463 e. The van der Waals surface area contributed by atoms with Crippen molar-refractivity contribution in [2.45, 2.75) is 44.3 Å². The van der Waals surface area contributed by atoms with Gasteiger partial charge in [-0.25, -0.2) is 0 Å². The number of carbonyl (C=O) groups is 1. The Balaban J connectivity index is 1.43. The predicted octanol–water partition coefficient (Wildman–Crippen LogP) is 4.13. The van der Waals surface area contributed by atoms with Crippen molar-refractivity contribution < 1.29 is 32.9 Å². The number of piperazine rings is 1. The summed E-state index contributed by atoms with van der Waals surface area (Å²) >= 11 is 0. The Kier molecular flexibility index (Phi) is 9.57. The molecule has 0 amide bonds. The molecule has 7 nitrogen and oxygen atoms in total. The zero-order valence-electron chi connectivity index (χ0n) is 22.3. The van der Waals surface area contributed by atoms with Crippen LogP contribution in [-0.4, -0.2) is 76.0 Å². The third-order valence-electron chi connectivity index (χ3n) is 7.27. The van der Waals surface area contributed by atoms with Crippen molar-refractivity contribution in [2.24, 2.45) is 0 Å². The van der Waals surface area contributed by atoms with Crippen LogP contribution in [0.25, 0.3) is 11.1 Å². The fraction of sp³-hybridized carbons (Fsp3) is 0.400. The first kappa shape index (κ1) is 29.7. The standard InChI is InChI=1S/C30H34F3N3O4/c1-29(39,30(31,32)33)26-8-6-25(7-9-26)24-4-2-22(3-5-24)20-36-15-14-35(19-23-10-12-34-13-11-23)21-27(36)18-28(38)40-17-16-37/h2-13,27,37,39H,14-21H2,1H3/t27-,29?/m1/s1. The van der Waals surface area contributed by atoms with Crippen molar-refractivity contribution in [3.63, 3.8) is 0 Å². The molecular formula is C30H34F3N3O4. The van der Waals surface area contributed by atoms with Crippen LogP contribution in [0, 0.1) is 0 Å². The van der Waals surface area contributed by atoms with E-state index in [0.717, 1.165) is 48.8 Å². The van der Waals surface area contributed by atoms with Gasteiger partial charge in [-0.05, 0) is 46.9 Å². The topological polar surface area (TPSA) is 86.1 Å². The van der Waals surface area contributed by atoms with E-state index in [4.69, 9.17) is 9.84 Å². The van der Waals surface area contributed by atoms with Gasteiger partial charge in [-0.15, -0.1) is 0 Å². The second-order valence-electron chi connectivity index (χ2n) is 10.2. The van der Waals surface area contributed by atoms with Crippen LogP contribution in [-0.2, 0) is 28.2 Å². The number of alkyl halides is 3. The van der Waals surface area contributed by atoms with Crippen LogP contribution in [0.15, 0.2) is 73.1 Å². The molecule has 1 aromatic heterocycles. The summed E-state index contributed by atoms with van der Waals surface area (Å²) in [7, 11) is 0. The zero-order valence-corrected chi connectivity index (χ0v) is 22.3. The van der Waals surface area contributed by atoms with Crippen LogP contribution < -0.4 is 0 Å². The first-order valence-corrected chi connectivity index (χ1v) is 13.2. The quantitative estimate of drug-likeness (QED) is 0.363. The van der Waals surface area contributed by atoms with E-state index in [1.165, 1.54) is 12.1 Å². The highest BCUT2D eigenvalue weighted by Crippen LogP contribution is 2.39. The van der Waals surface area contributed by atoms with E-state index in [2.05, 4.69) is 14.8 Å². The summed E-state index contributed by atoms with van der Waals surface area (Å²) in [5.41, 5.74) is 0.633. The highest BCUT2D eigenvalue weighted by Gasteiger charge is 2.51. The molecule has 1 aliphatic heterocycles. The molecule has 10 heteroatoms. The normalized spacial score (nSPS) is 18.3. The molecule has 0 spiro atoms. The van der Waals surface area contributed by atoms with E-state index in [1.807, 2.05) is 36.4 Å². The van der Waals surface area contributed by atoms with Gasteiger partial charge < -0.3 is 14.9 Å². The molecule has 3 aromatic rings. The number of ether oxygens (including phenoxy) is 1. The molecule has 0 saturated carbocycles. The molecule has 0 aliphatic carbocycles. The second-order valence-corrected chi connectivity index (χ2v) is 10.2. The minimum Gasteiger partial charge on any atom is -0.463 e. The summed E-state index contributed by atoms with van der Waals surface area (Å²) < 4.78 is 44.6. The van der Waals surface area contributed by atoms with Crippen molar-refractivity contribution in [2.75, 3.05) is 32.8 Å². The van der Waals surface area contributed by atoms with E-state index in [0.29, 0.717) is 13.1 Å². The average Bonchev–Trinajstić information content (AvgIpc) is 2.94. The number of esters is 1. The maximum absolute atomic E-state index is 13.2. The molecule has 1 aliphatic rings. The van der Waals surface area contributed by atoms with Gasteiger partial charge >= 0.3 is 12.1 Å². The molecule has 2 heterocycles. The van der Waals surface area contributed by atoms with Crippen LogP contribution >= 0.6 is 0 Å². The van der Waals surface area contributed by atoms with E-state index in [9.17, 15) is 23.1 Å². The number of carbonyl (C=O) groups excluding carboxylic acids is 1. The number of aromatic nitrogens is 1. The third-order valence-corrected chi connectivity index (χ3v) is 7.27. The van der Waals surface area contributed by atoms with Crippen LogP contribution in [0.3, 0.4) is 0 Å². The molecule has 1 saturated heterocycles. The van der Waals surface area contributed by atoms with E-state index < -0.39 is 11.8 Å². The van der Waals surface area contributed by atoms with E-state index in [1.54, 1.807) is 24.5 Å². The highest BCUT2D eigenvalue weighted by molar-refractivity contribution is 5.70. The summed E-state index contributed by atoms with van der Waals surface area (Å²) in [4.78, 5) is 21.0. The van der Waals surface area contributed by atoms with Gasteiger partial charge in [0.15, 0.2) is 5.60 Å². The van der Waals surface area contributed by atoms with Gasteiger partial charge in [-0.3, -0.25) is 19.6 Å². The maximum Gasteiger partial charge on any atom is 0.421 e. The number of aliphatic hydroxyl groups excluding tert-OH is 1. The molecule has 2 aromatic carbocycles. The van der Waals surface area contributed by atoms with Crippen molar-refractivity contribution in [3.05, 3.63) is 89.7 Å². The Labute approximate surface area is 231 Å². The smallest absolute Gasteiger partial charge is 0.421 e. The lowest BCUT2D eigenvalue weighted by Gasteiger charge is -2.41. The number of benzene rings is 2. The Hall–Kier alpha value is -3.31. The summed E-state index contributed by atoms with van der Waals surface area (Å²) in [6.45, 7) is 4.15. The van der Waals surface area contributed by atoms with Gasteiger partial charge in [0.25, 0.3) is 0 Å². The molecule has 1 fully saturated rings. The summed E-state index contributed by atoms with van der Waals surface area (Å²) in [5.74, 6) is -0.349. The summed E-state index contributed by atoms with van der Waals surface area (Å²) in [6, 6.07) is 17.4. The van der Waals surface area contributed by atoms with Crippen LogP contribution in [0.4, 0.5) is 13.2 Å². The van der Waals surface area contributed by atoms with Crippen molar-refractivity contribution >= 4 is 5.97 Å². The van der Waals surface area contributed by atoms with Crippen molar-refractivity contribution in [1.82, 2.24) is 14.8 Å². The predicted molar refractivity (Wildman–Crippen MR) is 144 cm³/mol. The van der Waals surface area contributed by atoms with Gasteiger partial charge in [0, 0.05) is 51.2 Å². The lowest BCUT2D eigenvalue weighted by Crippen LogP contribution is -2.53. The lowest BCUT2D eigenvalue weighted by molar-refractivity contribution is -0.258. The minimum atomic E-state index is -4.77. The molecule has 2 N–H and O–H groups in total. The molecule has 1 unspecified atom stereocenters.